The van der Waals surface area contributed by atoms with Crippen molar-refractivity contribution in [2.75, 3.05) is 12.3 Å². The number of hydrogen-bond donors (Lipinski definition) is 2. The fourth-order valence-electron chi connectivity index (χ4n) is 2.09. The second-order valence-electron chi connectivity index (χ2n) is 5.01. The van der Waals surface area contributed by atoms with Crippen molar-refractivity contribution in [1.29, 1.82) is 0 Å². The van der Waals surface area contributed by atoms with Gasteiger partial charge in [0.1, 0.15) is 5.75 Å². The maximum absolute atomic E-state index is 11.9. The van der Waals surface area contributed by atoms with Crippen LogP contribution in [0.3, 0.4) is 0 Å². The van der Waals surface area contributed by atoms with Crippen LogP contribution < -0.4 is 15.8 Å². The van der Waals surface area contributed by atoms with E-state index in [1.165, 1.54) is 0 Å². The number of aryl methyl sites for hydroxylation is 1. The summed E-state index contributed by atoms with van der Waals surface area (Å²) >= 11 is 0. The molecular weight excluding hydrogens is 264 g/mol. The molecular formula is C17H20N2O2. The molecule has 1 unspecified atom stereocenters. The van der Waals surface area contributed by atoms with E-state index >= 15 is 0 Å². The molecule has 0 fully saturated rings. The third kappa shape index (κ3) is 4.24. The molecule has 21 heavy (non-hydrogen) atoms. The Morgan fingerprint density at radius 1 is 1.24 bits per heavy atom. The van der Waals surface area contributed by atoms with Gasteiger partial charge >= 0.3 is 0 Å². The van der Waals surface area contributed by atoms with Crippen molar-refractivity contribution in [1.82, 2.24) is 5.32 Å². The first-order valence-electron chi connectivity index (χ1n) is 6.89. The molecule has 0 aliphatic carbocycles. The van der Waals surface area contributed by atoms with Crippen LogP contribution in [-0.4, -0.2) is 12.5 Å². The Bertz CT molecular complexity index is 611. The minimum atomic E-state index is -0.150. The normalized spacial score (nSPS) is 11.7. The summed E-state index contributed by atoms with van der Waals surface area (Å²) in [5, 5.41) is 2.91. The van der Waals surface area contributed by atoms with Crippen molar-refractivity contribution in [3.8, 4) is 5.75 Å². The van der Waals surface area contributed by atoms with E-state index in [1.54, 1.807) is 12.1 Å². The molecule has 1 amide bonds. The van der Waals surface area contributed by atoms with Gasteiger partial charge in [-0.05, 0) is 43.2 Å². The lowest BCUT2D eigenvalue weighted by Crippen LogP contribution is -2.31. The van der Waals surface area contributed by atoms with Crippen LogP contribution in [-0.2, 0) is 4.79 Å². The van der Waals surface area contributed by atoms with Gasteiger partial charge in [0.05, 0.1) is 6.04 Å². The molecule has 0 aliphatic heterocycles. The van der Waals surface area contributed by atoms with Crippen LogP contribution in [0.1, 0.15) is 24.1 Å². The highest BCUT2D eigenvalue weighted by Gasteiger charge is 2.10. The van der Waals surface area contributed by atoms with Crippen molar-refractivity contribution in [3.63, 3.8) is 0 Å². The zero-order valence-corrected chi connectivity index (χ0v) is 12.3. The molecule has 2 rings (SSSR count). The summed E-state index contributed by atoms with van der Waals surface area (Å²) in [7, 11) is 0. The molecule has 1 atom stereocenters. The maximum atomic E-state index is 11.9. The van der Waals surface area contributed by atoms with Gasteiger partial charge < -0.3 is 15.8 Å². The number of carbonyl (C=O) groups excluding carboxylic acids is 1. The number of benzene rings is 2. The summed E-state index contributed by atoms with van der Waals surface area (Å²) < 4.78 is 5.52. The van der Waals surface area contributed by atoms with Gasteiger partial charge in [-0.25, -0.2) is 0 Å². The average Bonchev–Trinajstić information content (AvgIpc) is 2.47. The number of anilines is 1. The first-order valence-corrected chi connectivity index (χ1v) is 6.89. The Hall–Kier alpha value is -2.49. The van der Waals surface area contributed by atoms with E-state index in [0.29, 0.717) is 11.4 Å². The summed E-state index contributed by atoms with van der Waals surface area (Å²) in [5.41, 5.74) is 8.34. The number of carbonyl (C=O) groups is 1. The molecule has 2 aromatic rings. The van der Waals surface area contributed by atoms with E-state index in [0.717, 1.165) is 11.1 Å². The lowest BCUT2D eigenvalue weighted by Gasteiger charge is -2.15. The van der Waals surface area contributed by atoms with Crippen molar-refractivity contribution in [3.05, 3.63) is 59.7 Å². The second-order valence-corrected chi connectivity index (χ2v) is 5.01. The zero-order chi connectivity index (χ0) is 15.2. The van der Waals surface area contributed by atoms with Gasteiger partial charge in [0, 0.05) is 5.69 Å². The van der Waals surface area contributed by atoms with Crippen molar-refractivity contribution >= 4 is 11.6 Å². The molecule has 0 saturated heterocycles. The molecule has 0 heterocycles. The van der Waals surface area contributed by atoms with E-state index in [4.69, 9.17) is 10.5 Å². The number of rotatable bonds is 5. The highest BCUT2D eigenvalue weighted by molar-refractivity contribution is 5.78. The van der Waals surface area contributed by atoms with Crippen molar-refractivity contribution in [2.24, 2.45) is 0 Å². The highest BCUT2D eigenvalue weighted by atomic mass is 16.5. The van der Waals surface area contributed by atoms with Crippen molar-refractivity contribution in [2.45, 2.75) is 19.9 Å². The number of nitrogens with one attached hydrogen (secondary N) is 1. The van der Waals surface area contributed by atoms with Crippen LogP contribution in [0.5, 0.6) is 5.75 Å². The summed E-state index contributed by atoms with van der Waals surface area (Å²) in [5.74, 6) is 0.522. The van der Waals surface area contributed by atoms with E-state index in [1.807, 2.05) is 50.2 Å². The third-order valence-corrected chi connectivity index (χ3v) is 3.23. The molecule has 4 nitrogen and oxygen atoms in total. The van der Waals surface area contributed by atoms with Crippen LogP contribution >= 0.6 is 0 Å². The first-order chi connectivity index (χ1) is 10.1. The number of ether oxygens (including phenoxy) is 1. The molecule has 0 radical (unpaired) electrons. The van der Waals surface area contributed by atoms with E-state index in [9.17, 15) is 4.79 Å². The smallest absolute Gasteiger partial charge is 0.258 e. The predicted molar refractivity (Wildman–Crippen MR) is 84.1 cm³/mol. The topological polar surface area (TPSA) is 64.3 Å². The largest absolute Gasteiger partial charge is 0.484 e. The van der Waals surface area contributed by atoms with Gasteiger partial charge in [-0.2, -0.15) is 0 Å². The minimum Gasteiger partial charge on any atom is -0.484 e. The monoisotopic (exact) mass is 284 g/mol. The minimum absolute atomic E-state index is 0.0120. The maximum Gasteiger partial charge on any atom is 0.258 e. The first kappa shape index (κ1) is 14.9. The van der Waals surface area contributed by atoms with Crippen LogP contribution in [0.4, 0.5) is 5.69 Å². The number of amides is 1. The second kappa shape index (κ2) is 6.79. The molecule has 0 saturated carbocycles. The molecule has 4 heteroatoms. The summed E-state index contributed by atoms with van der Waals surface area (Å²) in [6, 6.07) is 15.1. The fourth-order valence-corrected chi connectivity index (χ4v) is 2.09. The van der Waals surface area contributed by atoms with Gasteiger partial charge in [0.2, 0.25) is 0 Å². The molecule has 0 aliphatic rings. The lowest BCUT2D eigenvalue weighted by atomic mass is 10.1. The van der Waals surface area contributed by atoms with Crippen LogP contribution in [0.25, 0.3) is 0 Å². The molecule has 0 bridgehead atoms. The molecule has 0 spiro atoms. The van der Waals surface area contributed by atoms with Gasteiger partial charge in [-0.1, -0.05) is 30.3 Å². The Morgan fingerprint density at radius 2 is 1.95 bits per heavy atom. The van der Waals surface area contributed by atoms with E-state index < -0.39 is 0 Å². The highest BCUT2D eigenvalue weighted by Crippen LogP contribution is 2.20. The predicted octanol–water partition coefficient (Wildman–Crippen LogP) is 2.83. The zero-order valence-electron chi connectivity index (χ0n) is 12.3. The summed E-state index contributed by atoms with van der Waals surface area (Å²) in [6.07, 6.45) is 0. The SMILES string of the molecule is Cc1cc(N)ccc1OCC(=O)NC(C)c1ccccc1. The standard InChI is InChI=1S/C17H20N2O2/c1-12-10-15(18)8-9-16(12)21-11-17(20)19-13(2)14-6-4-3-5-7-14/h3-10,13H,11,18H2,1-2H3,(H,19,20). The fraction of sp³-hybridized carbons (Fsp3) is 0.235. The molecule has 2 aromatic carbocycles. The Kier molecular flexibility index (Phi) is 4.82. The van der Waals surface area contributed by atoms with Gasteiger partial charge in [0.15, 0.2) is 6.61 Å². The Balaban J connectivity index is 1.87. The molecule has 0 aromatic heterocycles. The van der Waals surface area contributed by atoms with Crippen LogP contribution in [0, 0.1) is 6.92 Å². The van der Waals surface area contributed by atoms with E-state index in [2.05, 4.69) is 5.32 Å². The van der Waals surface area contributed by atoms with Gasteiger partial charge in [-0.15, -0.1) is 0 Å². The van der Waals surface area contributed by atoms with Gasteiger partial charge in [0.25, 0.3) is 5.91 Å². The lowest BCUT2D eigenvalue weighted by molar-refractivity contribution is -0.123. The van der Waals surface area contributed by atoms with E-state index in [-0.39, 0.29) is 18.6 Å². The number of nitrogen functional groups attached to an aromatic ring is 1. The molecule has 3 N–H and O–H groups in total. The number of hydrogen-bond acceptors (Lipinski definition) is 3. The molecule has 110 valence electrons. The van der Waals surface area contributed by atoms with Crippen molar-refractivity contribution < 1.29 is 9.53 Å². The van der Waals surface area contributed by atoms with Crippen LogP contribution in [0.2, 0.25) is 0 Å². The average molecular weight is 284 g/mol. The Labute approximate surface area is 124 Å². The quantitative estimate of drug-likeness (QED) is 0.830. The Morgan fingerprint density at radius 3 is 2.62 bits per heavy atom. The summed E-state index contributed by atoms with van der Waals surface area (Å²) in [4.78, 5) is 11.9. The van der Waals surface area contributed by atoms with Gasteiger partial charge in [-0.3, -0.25) is 4.79 Å². The van der Waals surface area contributed by atoms with Crippen LogP contribution in [0.15, 0.2) is 48.5 Å². The summed E-state index contributed by atoms with van der Waals surface area (Å²) in [6.45, 7) is 3.83. The third-order valence-electron chi connectivity index (χ3n) is 3.23. The number of nitrogens with two attached hydrogens (primary N) is 1.